The van der Waals surface area contributed by atoms with Crippen molar-refractivity contribution in [1.29, 1.82) is 0 Å². The molecule has 0 aromatic heterocycles. The minimum Gasteiger partial charge on any atom is -0.464 e. The van der Waals surface area contributed by atoms with Crippen LogP contribution in [0.2, 0.25) is 0 Å². The Morgan fingerprint density at radius 3 is 2.75 bits per heavy atom. The zero-order chi connectivity index (χ0) is 16.8. The van der Waals surface area contributed by atoms with Gasteiger partial charge in [0.1, 0.15) is 6.61 Å². The highest BCUT2D eigenvalue weighted by Crippen LogP contribution is 2.33. The van der Waals surface area contributed by atoms with E-state index in [1.54, 1.807) is 0 Å². The standard InChI is InChI=1S/C21H29NO2/c1-17-9-8-14-22(17)15-16-24-21(23)20(18-10-4-2-5-11-18)19-12-6-3-7-13-19/h2,4-6,10-12,17,19-20H,3,7-9,13-16H2,1H3/t17-,19-,20-/m0/s1. The Morgan fingerprint density at radius 1 is 1.25 bits per heavy atom. The molecule has 2 aliphatic rings. The molecular weight excluding hydrogens is 298 g/mol. The number of hydrogen-bond acceptors (Lipinski definition) is 3. The summed E-state index contributed by atoms with van der Waals surface area (Å²) >= 11 is 0. The molecule has 3 nitrogen and oxygen atoms in total. The van der Waals surface area contributed by atoms with Gasteiger partial charge in [-0.05, 0) is 57.1 Å². The SMILES string of the molecule is C[C@H]1CCCN1CCOC(=O)[C@@H](c1ccccc1)[C@H]1C=CCCC1. The molecule has 1 aliphatic heterocycles. The first kappa shape index (κ1) is 17.2. The second kappa shape index (κ2) is 8.48. The minimum absolute atomic E-state index is 0.0652. The fourth-order valence-corrected chi connectivity index (χ4v) is 4.01. The number of benzene rings is 1. The summed E-state index contributed by atoms with van der Waals surface area (Å²) in [6, 6.07) is 10.7. The maximum absolute atomic E-state index is 12.8. The summed E-state index contributed by atoms with van der Waals surface area (Å²) in [4.78, 5) is 15.2. The summed E-state index contributed by atoms with van der Waals surface area (Å²) < 4.78 is 5.71. The van der Waals surface area contributed by atoms with Crippen molar-refractivity contribution in [1.82, 2.24) is 4.90 Å². The third-order valence-electron chi connectivity index (χ3n) is 5.45. The lowest BCUT2D eigenvalue weighted by atomic mass is 9.80. The second-order valence-corrected chi connectivity index (χ2v) is 7.11. The molecule has 24 heavy (non-hydrogen) atoms. The first-order chi connectivity index (χ1) is 11.8. The molecule has 3 rings (SSSR count). The molecule has 3 heteroatoms. The molecule has 0 unspecified atom stereocenters. The highest BCUT2D eigenvalue weighted by molar-refractivity contribution is 5.79. The third kappa shape index (κ3) is 4.27. The third-order valence-corrected chi connectivity index (χ3v) is 5.45. The van der Waals surface area contributed by atoms with Crippen LogP contribution >= 0.6 is 0 Å². The summed E-state index contributed by atoms with van der Waals surface area (Å²) in [7, 11) is 0. The van der Waals surface area contributed by atoms with Gasteiger partial charge in [-0.25, -0.2) is 0 Å². The number of allylic oxidation sites excluding steroid dienone is 2. The number of esters is 1. The van der Waals surface area contributed by atoms with Gasteiger partial charge in [0.2, 0.25) is 0 Å². The fraction of sp³-hybridized carbons (Fsp3) is 0.571. The number of nitrogens with zero attached hydrogens (tertiary/aromatic N) is 1. The number of likely N-dealkylation sites (tertiary alicyclic amines) is 1. The van der Waals surface area contributed by atoms with Crippen LogP contribution in [0, 0.1) is 5.92 Å². The van der Waals surface area contributed by atoms with Gasteiger partial charge in [-0.1, -0.05) is 42.5 Å². The number of carbonyl (C=O) groups is 1. The van der Waals surface area contributed by atoms with E-state index in [9.17, 15) is 4.79 Å². The maximum Gasteiger partial charge on any atom is 0.314 e. The van der Waals surface area contributed by atoms with Crippen LogP contribution in [0.5, 0.6) is 0 Å². The van der Waals surface area contributed by atoms with E-state index < -0.39 is 0 Å². The molecule has 1 aromatic rings. The summed E-state index contributed by atoms with van der Waals surface area (Å²) in [6.07, 6.45) is 10.3. The van der Waals surface area contributed by atoms with E-state index in [1.165, 1.54) is 12.8 Å². The lowest BCUT2D eigenvalue weighted by Gasteiger charge is -2.26. The molecule has 0 radical (unpaired) electrons. The zero-order valence-corrected chi connectivity index (χ0v) is 14.7. The van der Waals surface area contributed by atoms with Gasteiger partial charge in [0.25, 0.3) is 0 Å². The molecule has 1 aromatic carbocycles. The number of hydrogen-bond donors (Lipinski definition) is 0. The van der Waals surface area contributed by atoms with Gasteiger partial charge in [0, 0.05) is 12.6 Å². The van der Waals surface area contributed by atoms with Gasteiger partial charge in [-0.15, -0.1) is 0 Å². The minimum atomic E-state index is -0.168. The molecule has 1 aliphatic carbocycles. The molecule has 1 heterocycles. The second-order valence-electron chi connectivity index (χ2n) is 7.11. The van der Waals surface area contributed by atoms with Crippen LogP contribution in [-0.4, -0.2) is 36.6 Å². The average Bonchev–Trinajstić information content (AvgIpc) is 3.02. The monoisotopic (exact) mass is 327 g/mol. The molecule has 1 saturated heterocycles. The smallest absolute Gasteiger partial charge is 0.314 e. The molecule has 1 fully saturated rings. The zero-order valence-electron chi connectivity index (χ0n) is 14.7. The highest BCUT2D eigenvalue weighted by atomic mass is 16.5. The van der Waals surface area contributed by atoms with Gasteiger partial charge in [-0.2, -0.15) is 0 Å². The fourth-order valence-electron chi connectivity index (χ4n) is 4.01. The van der Waals surface area contributed by atoms with E-state index in [0.717, 1.165) is 37.9 Å². The molecule has 0 N–H and O–H groups in total. The van der Waals surface area contributed by atoms with E-state index >= 15 is 0 Å². The molecule has 0 saturated carbocycles. The molecule has 3 atom stereocenters. The van der Waals surface area contributed by atoms with Crippen LogP contribution in [0.3, 0.4) is 0 Å². The topological polar surface area (TPSA) is 29.5 Å². The van der Waals surface area contributed by atoms with Gasteiger partial charge in [-0.3, -0.25) is 9.69 Å². The Morgan fingerprint density at radius 2 is 2.08 bits per heavy atom. The van der Waals surface area contributed by atoms with Crippen molar-refractivity contribution in [2.75, 3.05) is 19.7 Å². The molecule has 0 amide bonds. The first-order valence-corrected chi connectivity index (χ1v) is 9.38. The van der Waals surface area contributed by atoms with Gasteiger partial charge in [0.15, 0.2) is 0 Å². The normalized spacial score (nSPS) is 25.5. The highest BCUT2D eigenvalue weighted by Gasteiger charge is 2.30. The Kier molecular flexibility index (Phi) is 6.08. The Balaban J connectivity index is 1.62. The van der Waals surface area contributed by atoms with Crippen molar-refractivity contribution < 1.29 is 9.53 Å². The summed E-state index contributed by atoms with van der Waals surface area (Å²) in [5.41, 5.74) is 1.08. The van der Waals surface area contributed by atoms with Crippen LogP contribution in [0.4, 0.5) is 0 Å². The van der Waals surface area contributed by atoms with E-state index in [-0.39, 0.29) is 17.8 Å². The lowest BCUT2D eigenvalue weighted by molar-refractivity contribution is -0.147. The largest absolute Gasteiger partial charge is 0.464 e. The van der Waals surface area contributed by atoms with Gasteiger partial charge < -0.3 is 4.74 Å². The summed E-state index contributed by atoms with van der Waals surface area (Å²) in [5, 5.41) is 0. The molecule has 0 spiro atoms. The molecule has 0 bridgehead atoms. The van der Waals surface area contributed by atoms with Crippen LogP contribution in [0.25, 0.3) is 0 Å². The average molecular weight is 327 g/mol. The number of ether oxygens (including phenoxy) is 1. The van der Waals surface area contributed by atoms with Crippen LogP contribution in [0.1, 0.15) is 50.5 Å². The van der Waals surface area contributed by atoms with Gasteiger partial charge >= 0.3 is 5.97 Å². The first-order valence-electron chi connectivity index (χ1n) is 9.38. The number of carbonyl (C=O) groups excluding carboxylic acids is 1. The van der Waals surface area contributed by atoms with E-state index in [1.807, 2.05) is 18.2 Å². The molecule has 130 valence electrons. The van der Waals surface area contributed by atoms with Crippen molar-refractivity contribution in [3.8, 4) is 0 Å². The van der Waals surface area contributed by atoms with E-state index in [2.05, 4.69) is 36.1 Å². The van der Waals surface area contributed by atoms with Crippen LogP contribution in [-0.2, 0) is 9.53 Å². The van der Waals surface area contributed by atoms with E-state index in [0.29, 0.717) is 12.6 Å². The lowest BCUT2D eigenvalue weighted by Crippen LogP contribution is -2.32. The van der Waals surface area contributed by atoms with E-state index in [4.69, 9.17) is 4.74 Å². The van der Waals surface area contributed by atoms with Crippen molar-refractivity contribution in [3.63, 3.8) is 0 Å². The van der Waals surface area contributed by atoms with Crippen molar-refractivity contribution in [3.05, 3.63) is 48.0 Å². The Bertz CT molecular complexity index is 554. The Hall–Kier alpha value is -1.61. The molecular formula is C21H29NO2. The van der Waals surface area contributed by atoms with Crippen LogP contribution in [0.15, 0.2) is 42.5 Å². The van der Waals surface area contributed by atoms with Gasteiger partial charge in [0.05, 0.1) is 5.92 Å². The maximum atomic E-state index is 12.8. The number of rotatable bonds is 6. The van der Waals surface area contributed by atoms with Crippen molar-refractivity contribution >= 4 is 5.97 Å². The van der Waals surface area contributed by atoms with Crippen molar-refractivity contribution in [2.24, 2.45) is 5.92 Å². The quantitative estimate of drug-likeness (QED) is 0.580. The Labute approximate surface area is 145 Å². The van der Waals surface area contributed by atoms with Crippen LogP contribution < -0.4 is 0 Å². The predicted octanol–water partition coefficient (Wildman–Crippen LogP) is 4.15. The van der Waals surface area contributed by atoms with Crippen molar-refractivity contribution in [2.45, 2.75) is 51.0 Å². The summed E-state index contributed by atoms with van der Waals surface area (Å²) in [6.45, 7) is 4.75. The summed E-state index contributed by atoms with van der Waals surface area (Å²) in [5.74, 6) is 0.0303. The predicted molar refractivity (Wildman–Crippen MR) is 96.9 cm³/mol.